The molecule has 1 aromatic carbocycles. The molecule has 4 aliphatic rings. The van der Waals surface area contributed by atoms with Gasteiger partial charge in [0.25, 0.3) is 0 Å². The predicted octanol–water partition coefficient (Wildman–Crippen LogP) is 2.98. The van der Waals surface area contributed by atoms with Gasteiger partial charge in [0.1, 0.15) is 11.2 Å². The fourth-order valence-corrected chi connectivity index (χ4v) is 5.28. The first-order valence-electron chi connectivity index (χ1n) is 8.09. The number of amides is 1. The van der Waals surface area contributed by atoms with Gasteiger partial charge in [0.2, 0.25) is 5.91 Å². The number of carbonyl (C=O) groups excluding carboxylic acids is 1. The van der Waals surface area contributed by atoms with Gasteiger partial charge in [-0.1, -0.05) is 12.1 Å². The molecule has 4 aliphatic carbocycles. The molecule has 5 heteroatoms. The highest BCUT2D eigenvalue weighted by Crippen LogP contribution is 2.73. The van der Waals surface area contributed by atoms with E-state index in [1.54, 1.807) is 7.11 Å². The van der Waals surface area contributed by atoms with E-state index < -0.39 is 0 Å². The zero-order chi connectivity index (χ0) is 16.1. The second kappa shape index (κ2) is 5.17. The molecule has 0 aliphatic heterocycles. The molecule has 1 amide bonds. The first-order valence-corrected chi connectivity index (χ1v) is 8.97. The van der Waals surface area contributed by atoms with E-state index in [0.717, 1.165) is 37.9 Å². The quantitative estimate of drug-likeness (QED) is 0.844. The summed E-state index contributed by atoms with van der Waals surface area (Å²) in [4.78, 5) is 12.5. The highest BCUT2D eigenvalue weighted by Gasteiger charge is 2.71. The van der Waals surface area contributed by atoms with Crippen LogP contribution in [0.1, 0.15) is 37.7 Å². The van der Waals surface area contributed by atoms with Crippen LogP contribution in [-0.2, 0) is 10.2 Å². The second-order valence-corrected chi connectivity index (χ2v) is 8.38. The van der Waals surface area contributed by atoms with Gasteiger partial charge < -0.3 is 10.1 Å². The number of nitrogens with zero attached hydrogens (tertiary/aromatic N) is 1. The van der Waals surface area contributed by atoms with Crippen LogP contribution in [0.2, 0.25) is 0 Å². The van der Waals surface area contributed by atoms with Gasteiger partial charge >= 0.3 is 0 Å². The van der Waals surface area contributed by atoms with Crippen LogP contribution in [0, 0.1) is 16.1 Å². The normalized spacial score (nSPS) is 36.7. The summed E-state index contributed by atoms with van der Waals surface area (Å²) >= 11 is 1.33. The lowest BCUT2D eigenvalue weighted by Gasteiger charge is -2.70. The van der Waals surface area contributed by atoms with Crippen molar-refractivity contribution < 1.29 is 9.53 Å². The fraction of sp³-hybridized carbons (Fsp3) is 0.556. The van der Waals surface area contributed by atoms with Crippen molar-refractivity contribution in [3.05, 3.63) is 29.8 Å². The highest BCUT2D eigenvalue weighted by atomic mass is 32.2. The molecule has 2 bridgehead atoms. The van der Waals surface area contributed by atoms with Crippen LogP contribution in [0.25, 0.3) is 0 Å². The molecule has 0 spiro atoms. The average molecular weight is 328 g/mol. The average Bonchev–Trinajstić information content (AvgIpc) is 2.43. The minimum Gasteiger partial charge on any atom is -0.497 e. The lowest BCUT2D eigenvalue weighted by atomic mass is 9.33. The third-order valence-electron chi connectivity index (χ3n) is 5.86. The van der Waals surface area contributed by atoms with Gasteiger partial charge in [-0.2, -0.15) is 5.26 Å². The van der Waals surface area contributed by atoms with Crippen LogP contribution >= 0.6 is 11.8 Å². The molecule has 1 aromatic rings. The van der Waals surface area contributed by atoms with Gasteiger partial charge in [-0.05, 0) is 67.0 Å². The van der Waals surface area contributed by atoms with E-state index in [1.807, 2.05) is 12.1 Å². The Hall–Kier alpha value is -1.67. The van der Waals surface area contributed by atoms with Crippen molar-refractivity contribution in [3.8, 4) is 11.2 Å². The molecule has 4 fully saturated rings. The number of nitriles is 1. The smallest absolute Gasteiger partial charge is 0.226 e. The monoisotopic (exact) mass is 328 g/mol. The number of methoxy groups -OCH3 is 1. The maximum atomic E-state index is 12.5. The maximum Gasteiger partial charge on any atom is 0.226 e. The predicted molar refractivity (Wildman–Crippen MR) is 89.1 cm³/mol. The summed E-state index contributed by atoms with van der Waals surface area (Å²) in [7, 11) is 1.68. The lowest BCUT2D eigenvalue weighted by Crippen LogP contribution is -2.71. The topological polar surface area (TPSA) is 62.1 Å². The number of ether oxygens (including phenoxy) is 1. The molecular weight excluding hydrogens is 308 g/mol. The molecule has 4 nitrogen and oxygen atoms in total. The fourth-order valence-electron chi connectivity index (χ4n) is 4.47. The molecule has 5 rings (SSSR count). The van der Waals surface area contributed by atoms with Gasteiger partial charge in [0.15, 0.2) is 0 Å². The zero-order valence-electron chi connectivity index (χ0n) is 13.2. The number of carbonyl (C=O) groups is 1. The van der Waals surface area contributed by atoms with Gasteiger partial charge in [-0.3, -0.25) is 4.79 Å². The highest BCUT2D eigenvalue weighted by molar-refractivity contribution is 8.04. The Balaban J connectivity index is 1.31. The van der Waals surface area contributed by atoms with Gasteiger partial charge in [-0.25, -0.2) is 0 Å². The molecule has 120 valence electrons. The number of thiocyanates is 1. The van der Waals surface area contributed by atoms with E-state index in [-0.39, 0.29) is 22.8 Å². The maximum absolute atomic E-state index is 12.5. The number of benzene rings is 1. The van der Waals surface area contributed by atoms with Gasteiger partial charge in [-0.15, -0.1) is 0 Å². The molecule has 0 aromatic heterocycles. The molecule has 0 atom stereocenters. The van der Waals surface area contributed by atoms with Crippen molar-refractivity contribution in [2.45, 2.75) is 48.8 Å². The van der Waals surface area contributed by atoms with Crippen molar-refractivity contribution in [1.82, 2.24) is 5.32 Å². The summed E-state index contributed by atoms with van der Waals surface area (Å²) in [6.07, 6.45) is 4.79. The van der Waals surface area contributed by atoms with Crippen LogP contribution in [0.4, 0.5) is 0 Å². The van der Waals surface area contributed by atoms with Gasteiger partial charge in [0, 0.05) is 11.3 Å². The first-order chi connectivity index (χ1) is 11.1. The molecule has 23 heavy (non-hydrogen) atoms. The summed E-state index contributed by atoms with van der Waals surface area (Å²) < 4.78 is 5.21. The van der Waals surface area contributed by atoms with Crippen LogP contribution < -0.4 is 10.1 Å². The molecule has 4 saturated carbocycles. The van der Waals surface area contributed by atoms with Crippen LogP contribution in [0.5, 0.6) is 5.75 Å². The number of hydrogen-bond acceptors (Lipinski definition) is 4. The summed E-state index contributed by atoms with van der Waals surface area (Å²) in [5, 5.41) is 14.4. The van der Waals surface area contributed by atoms with E-state index in [2.05, 4.69) is 22.9 Å². The van der Waals surface area contributed by atoms with Crippen molar-refractivity contribution in [1.29, 1.82) is 5.26 Å². The third kappa shape index (κ3) is 2.23. The Morgan fingerprint density at radius 1 is 1.30 bits per heavy atom. The summed E-state index contributed by atoms with van der Waals surface area (Å²) in [5.74, 6) is 1.11. The standard InChI is InChI=1S/C18H20N2O2S/c1-22-14-4-2-12(3-5-14)17-8-18(9-17,10-17)16(21)20-13-6-15(7-13)23-11-19/h2-5,13,15H,6-10H2,1H3,(H,20,21)/t13-,15+,17?,18?. The number of thioether (sulfide) groups is 1. The summed E-state index contributed by atoms with van der Waals surface area (Å²) in [6, 6.07) is 8.55. The Morgan fingerprint density at radius 2 is 1.96 bits per heavy atom. The summed E-state index contributed by atoms with van der Waals surface area (Å²) in [5.41, 5.74) is 1.44. The van der Waals surface area contributed by atoms with Gasteiger partial charge in [0.05, 0.1) is 12.5 Å². The van der Waals surface area contributed by atoms with Crippen molar-refractivity contribution in [2.75, 3.05) is 7.11 Å². The lowest BCUT2D eigenvalue weighted by molar-refractivity contribution is -0.177. The van der Waals surface area contributed by atoms with Crippen LogP contribution in [-0.4, -0.2) is 24.3 Å². The molecule has 0 radical (unpaired) electrons. The van der Waals surface area contributed by atoms with Crippen molar-refractivity contribution in [2.24, 2.45) is 5.41 Å². The minimum absolute atomic E-state index is 0.118. The van der Waals surface area contributed by atoms with E-state index >= 15 is 0 Å². The third-order valence-corrected chi connectivity index (χ3v) is 6.69. The zero-order valence-corrected chi connectivity index (χ0v) is 14.0. The molecule has 0 unspecified atom stereocenters. The SMILES string of the molecule is COc1ccc(C23CC(C(=O)N[C@H]4C[C@@H](SC#N)C4)(C2)C3)cc1. The van der Waals surface area contributed by atoms with E-state index in [4.69, 9.17) is 10.00 Å². The number of hydrogen-bond donors (Lipinski definition) is 1. The van der Waals surface area contributed by atoms with Crippen LogP contribution in [0.3, 0.4) is 0 Å². The van der Waals surface area contributed by atoms with E-state index in [1.165, 1.54) is 17.3 Å². The molecular formula is C18H20N2O2S. The van der Waals surface area contributed by atoms with Crippen molar-refractivity contribution >= 4 is 17.7 Å². The molecule has 1 N–H and O–H groups in total. The molecule has 0 heterocycles. The minimum atomic E-state index is -0.118. The van der Waals surface area contributed by atoms with Crippen LogP contribution in [0.15, 0.2) is 24.3 Å². The van der Waals surface area contributed by atoms with Crippen molar-refractivity contribution in [3.63, 3.8) is 0 Å². The Labute approximate surface area is 140 Å². The second-order valence-electron chi connectivity index (χ2n) is 7.29. The number of nitrogens with one attached hydrogen (secondary N) is 1. The van der Waals surface area contributed by atoms with E-state index in [0.29, 0.717) is 5.25 Å². The summed E-state index contributed by atoms with van der Waals surface area (Å²) in [6.45, 7) is 0. The largest absolute Gasteiger partial charge is 0.497 e. The Bertz CT molecular complexity index is 653. The Morgan fingerprint density at radius 3 is 2.52 bits per heavy atom. The molecule has 0 saturated heterocycles. The Kier molecular flexibility index (Phi) is 3.35. The van der Waals surface area contributed by atoms with E-state index in [9.17, 15) is 4.79 Å². The first kappa shape index (κ1) is 14.9. The number of rotatable bonds is 5.